The number of fused-ring (bicyclic) bond motifs is 6. The molecule has 1 amide bonds. The lowest BCUT2D eigenvalue weighted by Crippen LogP contribution is -2.31. The first-order valence-electron chi connectivity index (χ1n) is 40.0. The highest BCUT2D eigenvalue weighted by molar-refractivity contribution is 7.90. The van der Waals surface area contributed by atoms with Gasteiger partial charge < -0.3 is 61.9 Å². The Hall–Kier alpha value is -13.1. The zero-order valence-electron chi connectivity index (χ0n) is 71.4. The number of nitrogens with two attached hydrogens (primary N) is 1. The van der Waals surface area contributed by atoms with Gasteiger partial charge in [0.15, 0.2) is 4.90 Å². The second-order valence-corrected chi connectivity index (χ2v) is 43.9. The number of sulfonamides is 6. The number of hydrogen-bond donors (Lipinski definition) is 12. The second-order valence-electron chi connectivity index (χ2n) is 32.1. The molecule has 0 saturated carbocycles. The number of halogens is 1. The number of nitrogen functional groups attached to an aromatic ring is 1. The van der Waals surface area contributed by atoms with Gasteiger partial charge in [0.2, 0.25) is 40.1 Å². The third-order valence-corrected chi connectivity index (χ3v) is 34.0. The summed E-state index contributed by atoms with van der Waals surface area (Å²) < 4.78 is 160. The minimum absolute atomic E-state index is 0.00288. The molecule has 0 fully saturated rings. The van der Waals surface area contributed by atoms with E-state index in [4.69, 9.17) is 17.3 Å². The van der Waals surface area contributed by atoms with Crippen LogP contribution in [-0.4, -0.2) is 143 Å². The molecule has 692 valence electrons. The maximum Gasteiger partial charge on any atom is 0.289 e. The van der Waals surface area contributed by atoms with Gasteiger partial charge in [0, 0.05) is 106 Å². The topological polar surface area (TPSA) is 533 Å². The predicted octanol–water partition coefficient (Wildman–Crippen LogP) is 13.1. The molecule has 12 aromatic rings. The summed E-state index contributed by atoms with van der Waals surface area (Å²) >= 11 is 5.97. The van der Waals surface area contributed by atoms with Crippen LogP contribution < -0.4 is 5.73 Å². The van der Waals surface area contributed by atoms with E-state index in [-0.39, 0.29) is 169 Å². The molecule has 6 heterocycles. The monoisotopic (exact) mass is 1940 g/mol. The number of carbonyl (C=O) groups is 1. The fraction of sp³-hybridized carbons (Fsp3) is 0.198. The molecule has 0 spiro atoms. The summed E-state index contributed by atoms with van der Waals surface area (Å²) in [4.78, 5) is 22.1. The second kappa shape index (κ2) is 37.3. The largest absolute Gasteiger partial charge is 0.508 e. The van der Waals surface area contributed by atoms with E-state index >= 15 is 0 Å². The molecule has 6 aliphatic heterocycles. The summed E-state index contributed by atoms with van der Waals surface area (Å²) in [5.41, 5.74) is 18.9. The van der Waals surface area contributed by atoms with E-state index in [2.05, 4.69) is 0 Å². The lowest BCUT2D eigenvalue weighted by molar-refractivity contribution is -0.387. The van der Waals surface area contributed by atoms with Crippen LogP contribution in [0.1, 0.15) is 111 Å². The van der Waals surface area contributed by atoms with E-state index in [0.29, 0.717) is 65.6 Å². The van der Waals surface area contributed by atoms with Gasteiger partial charge in [-0.25, -0.2) is 54.8 Å². The van der Waals surface area contributed by atoms with Crippen molar-refractivity contribution in [1.82, 2.24) is 25.8 Å². The number of aromatic hydroxyl groups is 11. The number of hydrogen-bond acceptors (Lipinski definition) is 27. The highest BCUT2D eigenvalue weighted by atomic mass is 35.5. The molecule has 0 radical (unpaired) electrons. The van der Waals surface area contributed by atoms with E-state index in [1.165, 1.54) is 145 Å². The summed E-state index contributed by atoms with van der Waals surface area (Å²) in [6, 6.07) is 49.5. The lowest BCUT2D eigenvalue weighted by atomic mass is 10.1. The van der Waals surface area contributed by atoms with Crippen molar-refractivity contribution in [1.29, 1.82) is 0 Å². The van der Waals surface area contributed by atoms with Gasteiger partial charge in [-0.1, -0.05) is 83.9 Å². The van der Waals surface area contributed by atoms with Gasteiger partial charge in [-0.2, -0.15) is 21.5 Å². The molecule has 0 aliphatic carbocycles. The number of phenols is 11. The molecule has 13 N–H and O–H groups in total. The fourth-order valence-corrected chi connectivity index (χ4v) is 25.1. The van der Waals surface area contributed by atoms with Gasteiger partial charge in [0.05, 0.1) is 16.4 Å². The van der Waals surface area contributed by atoms with Crippen molar-refractivity contribution >= 4 is 89.0 Å². The van der Waals surface area contributed by atoms with Gasteiger partial charge in [-0.3, -0.25) is 14.9 Å². The molecule has 132 heavy (non-hydrogen) atoms. The van der Waals surface area contributed by atoms with Crippen molar-refractivity contribution < 1.29 is 116 Å². The van der Waals surface area contributed by atoms with Crippen molar-refractivity contribution in [3.8, 4) is 63.2 Å². The minimum atomic E-state index is -4.16. The number of nitro groups is 1. The Morgan fingerprint density at radius 1 is 0.303 bits per heavy atom. The molecule has 6 aliphatic rings. The summed E-state index contributed by atoms with van der Waals surface area (Å²) in [5.74, 6) is -2.24. The number of nitrogens with zero attached hydrogens (tertiary/aromatic N) is 7. The van der Waals surface area contributed by atoms with E-state index in [1.807, 2.05) is 25.1 Å². The highest BCUT2D eigenvalue weighted by Crippen LogP contribution is 2.44. The van der Waals surface area contributed by atoms with E-state index in [0.717, 1.165) is 48.8 Å². The number of carbonyl (C=O) groups excluding carboxylic acids is 1. The maximum absolute atomic E-state index is 12.8. The number of benzene rings is 12. The van der Waals surface area contributed by atoms with E-state index < -0.39 is 82.4 Å². The summed E-state index contributed by atoms with van der Waals surface area (Å²) in [6.45, 7) is 13.6. The van der Waals surface area contributed by atoms with Crippen molar-refractivity contribution in [2.75, 3.05) is 5.73 Å². The summed E-state index contributed by atoms with van der Waals surface area (Å²) in [7, 11) is -23.3. The number of aryl methyl sites for hydroxylation is 7. The molecular formula is C91H89ClN8O26S6. The maximum atomic E-state index is 12.8. The van der Waals surface area contributed by atoms with E-state index in [1.54, 1.807) is 96.1 Å². The first-order chi connectivity index (χ1) is 61.8. The molecule has 18 rings (SSSR count). The van der Waals surface area contributed by atoms with Gasteiger partial charge in [0.25, 0.3) is 31.6 Å². The number of anilines is 1. The summed E-state index contributed by atoms with van der Waals surface area (Å²) in [6.07, 6.45) is 0. The van der Waals surface area contributed by atoms with Crippen LogP contribution in [0.2, 0.25) is 5.02 Å². The standard InChI is InChI=1S/C16H17NO4S.C15H14ClNO4S.C15H14N2O5S.C15H16N2O3S.C15H13NO5S.C15H15NO5S/c1-10-3-4-16(11(2)5-10)22(20,21)17-8-12-6-13(18)7-15(19)14(12)9-17;1-9-4-13(19)15(16)14(5-9)22(20,21)17-7-10-2-3-12(18)6-11(10)8-17;1-10-2-5-15(14(6-10)17(19)20)23(21,22)16-8-11-3-4-13(18)7-12(11)9-16;1-10-5-6-15(14(18)7-10)21(19,20)17-8-11-3-2-4-13(16)12(11)9-17;1-9-2-5-14(13(18)6-9)22(20,21)16-8-10-3-4-11(17)7-12(10)15(16)19;1-9-2-3-15(14(19)4-9)22(20,21)16-7-10-5-11(17)6-13(18)12(10)8-16/h3-7,18-19H,8-9H2,1-2H3;2-6,18-19H,7-8H2,1H3;2-7,18H,8-9H2,1H3;2-7,18H,8-9,16H2,1H3;2-7,17-18H,8H2,1H3;2-6,17-19H,7-8H2,1H3. The number of nitro benzene ring substituents is 1. The zero-order valence-corrected chi connectivity index (χ0v) is 77.1. The Morgan fingerprint density at radius 3 is 1.10 bits per heavy atom. The normalized spacial score (nSPS) is 14.8. The molecule has 0 bridgehead atoms. The molecule has 0 saturated heterocycles. The quantitative estimate of drug-likeness (QED) is 0.0290. The molecule has 0 aromatic heterocycles. The van der Waals surface area contributed by atoms with Crippen molar-refractivity contribution in [2.45, 2.75) is 150 Å². The molecule has 41 heteroatoms. The van der Waals surface area contributed by atoms with Crippen molar-refractivity contribution in [2.24, 2.45) is 0 Å². The Labute approximate surface area is 765 Å². The SMILES string of the molecule is Cc1cc(O)c(Cl)c(S(=O)(=O)N2Cc3ccc(O)cc3C2)c1.Cc1ccc(S(=O)(=O)N2Cc3cc(O)cc(O)c3C2)c(C)c1.Cc1ccc(S(=O)(=O)N2Cc3cc(O)cc(O)c3C2)c(O)c1.Cc1ccc(S(=O)(=O)N2Cc3ccc(O)cc3C2)c([N+](=O)[O-])c1.Cc1ccc(S(=O)(=O)N2Cc3ccc(O)cc3C2=O)c(O)c1.Cc1ccc(S(=O)(=O)N2Cc3cccc(N)c3C2)c(O)c1. The predicted molar refractivity (Wildman–Crippen MR) is 484 cm³/mol. The fourth-order valence-electron chi connectivity index (χ4n) is 15.6. The van der Waals surface area contributed by atoms with Crippen LogP contribution in [0.15, 0.2) is 230 Å². The first kappa shape index (κ1) is 96.5. The lowest BCUT2D eigenvalue weighted by Gasteiger charge is -2.17. The number of amides is 1. The number of phenolic OH excluding ortho intramolecular Hbond substituents is 11. The molecular weight excluding hydrogens is 1850 g/mol. The average molecular weight is 1940 g/mol. The van der Waals surface area contributed by atoms with Crippen LogP contribution in [0.25, 0.3) is 0 Å². The van der Waals surface area contributed by atoms with Crippen LogP contribution in [0.4, 0.5) is 11.4 Å². The van der Waals surface area contributed by atoms with Crippen molar-refractivity contribution in [3.63, 3.8) is 0 Å². The van der Waals surface area contributed by atoms with Crippen LogP contribution in [-0.2, 0) is 132 Å². The highest BCUT2D eigenvalue weighted by Gasteiger charge is 2.42. The molecule has 12 aromatic carbocycles. The van der Waals surface area contributed by atoms with Crippen LogP contribution in [0, 0.1) is 58.6 Å². The van der Waals surface area contributed by atoms with Crippen LogP contribution in [0.5, 0.6) is 63.2 Å². The average Bonchev–Trinajstić information content (AvgIpc) is 1.60. The van der Waals surface area contributed by atoms with Gasteiger partial charge >= 0.3 is 0 Å². The Balaban J connectivity index is 0.000000135. The Kier molecular flexibility index (Phi) is 27.2. The third kappa shape index (κ3) is 19.9. The van der Waals surface area contributed by atoms with Gasteiger partial charge in [-0.05, 0) is 247 Å². The van der Waals surface area contributed by atoms with Crippen molar-refractivity contribution in [3.05, 3.63) is 321 Å². The van der Waals surface area contributed by atoms with Gasteiger partial charge in [-0.15, -0.1) is 0 Å². The minimum Gasteiger partial charge on any atom is -0.508 e. The van der Waals surface area contributed by atoms with Crippen LogP contribution in [0.3, 0.4) is 0 Å². The first-order valence-corrected chi connectivity index (χ1v) is 49.0. The van der Waals surface area contributed by atoms with Crippen LogP contribution >= 0.6 is 11.6 Å². The Bertz CT molecular complexity index is 7310. The van der Waals surface area contributed by atoms with Gasteiger partial charge in [0.1, 0.15) is 87.8 Å². The molecule has 0 atom stereocenters. The number of rotatable bonds is 13. The van der Waals surface area contributed by atoms with E-state index in [9.17, 15) is 122 Å². The molecule has 34 nitrogen and oxygen atoms in total. The smallest absolute Gasteiger partial charge is 0.289 e. The third-order valence-electron chi connectivity index (χ3n) is 22.4. The molecule has 0 unspecified atom stereocenters. The summed E-state index contributed by atoms with van der Waals surface area (Å²) in [5, 5.41) is 118. The zero-order chi connectivity index (χ0) is 96.2. The Morgan fingerprint density at radius 2 is 0.652 bits per heavy atom.